The highest BCUT2D eigenvalue weighted by Crippen LogP contribution is 2.26. The Morgan fingerprint density at radius 2 is 1.58 bits per heavy atom. The zero-order chi connectivity index (χ0) is 17.5. The van der Waals surface area contributed by atoms with Crippen molar-refractivity contribution in [3.63, 3.8) is 0 Å². The lowest BCUT2D eigenvalue weighted by Crippen LogP contribution is -2.01. The van der Waals surface area contributed by atoms with Crippen LogP contribution in [0.1, 0.15) is 0 Å². The maximum Gasteiger partial charge on any atom is 0.192 e. The maximum absolute atomic E-state index is 4.79. The van der Waals surface area contributed by atoms with Crippen molar-refractivity contribution in [1.82, 2.24) is 29.4 Å². The van der Waals surface area contributed by atoms with Crippen LogP contribution in [0.2, 0.25) is 0 Å². The molecule has 0 bridgehead atoms. The molecule has 0 saturated carbocycles. The average Bonchev–Trinajstić information content (AvgIpc) is 3.33. The predicted octanol–water partition coefficient (Wildman–Crippen LogP) is 3.85. The molecule has 0 fully saturated rings. The third-order valence-corrected chi connectivity index (χ3v) is 4.82. The normalized spacial score (nSPS) is 11.4. The molecule has 6 nitrogen and oxygen atoms in total. The van der Waals surface area contributed by atoms with Crippen LogP contribution < -0.4 is 0 Å². The van der Waals surface area contributed by atoms with Gasteiger partial charge in [0.15, 0.2) is 22.3 Å². The van der Waals surface area contributed by atoms with E-state index in [0.29, 0.717) is 5.82 Å². The van der Waals surface area contributed by atoms with E-state index in [0.717, 1.165) is 33.1 Å². The molecule has 0 N–H and O–H groups in total. The number of benzene rings is 2. The van der Waals surface area contributed by atoms with Crippen LogP contribution in [0.5, 0.6) is 0 Å². The van der Waals surface area contributed by atoms with Crippen molar-refractivity contribution in [2.45, 2.75) is 5.16 Å². The molecule has 0 radical (unpaired) electrons. The Balaban J connectivity index is 1.80. The first-order valence-corrected chi connectivity index (χ1v) is 9.37. The van der Waals surface area contributed by atoms with Crippen LogP contribution in [0.3, 0.4) is 0 Å². The fraction of sp³-hybridized carbons (Fsp3) is 0.0526. The Bertz CT molecular complexity index is 1210. The van der Waals surface area contributed by atoms with Crippen molar-refractivity contribution < 1.29 is 0 Å². The van der Waals surface area contributed by atoms with Gasteiger partial charge in [0.1, 0.15) is 0 Å². The molecule has 2 aromatic carbocycles. The van der Waals surface area contributed by atoms with E-state index in [4.69, 9.17) is 9.97 Å². The molecule has 0 saturated heterocycles. The predicted molar refractivity (Wildman–Crippen MR) is 103 cm³/mol. The van der Waals surface area contributed by atoms with Crippen molar-refractivity contribution in [3.05, 3.63) is 66.9 Å². The van der Waals surface area contributed by atoms with Crippen LogP contribution in [-0.4, -0.2) is 35.6 Å². The van der Waals surface area contributed by atoms with Crippen LogP contribution in [0.25, 0.3) is 33.8 Å². The molecule has 5 aromatic rings. The van der Waals surface area contributed by atoms with Crippen molar-refractivity contribution in [2.24, 2.45) is 0 Å². The van der Waals surface area contributed by atoms with Crippen LogP contribution >= 0.6 is 11.8 Å². The number of nitrogens with zero attached hydrogens (tertiary/aromatic N) is 6. The summed E-state index contributed by atoms with van der Waals surface area (Å²) < 4.78 is 3.64. The first-order chi connectivity index (χ1) is 12.8. The number of hydrogen-bond donors (Lipinski definition) is 0. The summed E-state index contributed by atoms with van der Waals surface area (Å²) in [6, 6.07) is 19.9. The van der Waals surface area contributed by atoms with E-state index in [2.05, 4.69) is 10.2 Å². The molecular formula is C19H14N6S. The minimum Gasteiger partial charge on any atom is -0.215 e. The van der Waals surface area contributed by atoms with Crippen LogP contribution in [0.15, 0.2) is 72.0 Å². The summed E-state index contributed by atoms with van der Waals surface area (Å²) in [6.07, 6.45) is 3.79. The number of thioether (sulfide) groups is 1. The van der Waals surface area contributed by atoms with Gasteiger partial charge in [-0.05, 0) is 18.4 Å². The van der Waals surface area contributed by atoms with E-state index in [1.807, 2.05) is 71.6 Å². The minimum absolute atomic E-state index is 0.683. The number of fused-ring (bicyclic) bond motifs is 3. The highest BCUT2D eigenvalue weighted by atomic mass is 32.2. The lowest BCUT2D eigenvalue weighted by molar-refractivity contribution is 0.798. The Labute approximate surface area is 153 Å². The summed E-state index contributed by atoms with van der Waals surface area (Å²) in [7, 11) is 0. The lowest BCUT2D eigenvalue weighted by Gasteiger charge is -2.04. The van der Waals surface area contributed by atoms with E-state index in [1.54, 1.807) is 10.7 Å². The zero-order valence-corrected chi connectivity index (χ0v) is 14.8. The first-order valence-electron chi connectivity index (χ1n) is 8.14. The quantitative estimate of drug-likeness (QED) is 0.362. The summed E-state index contributed by atoms with van der Waals surface area (Å²) >= 11 is 1.54. The number of rotatable bonds is 3. The van der Waals surface area contributed by atoms with Gasteiger partial charge in [0.2, 0.25) is 0 Å². The van der Waals surface area contributed by atoms with E-state index < -0.39 is 0 Å². The molecule has 3 aromatic heterocycles. The Kier molecular flexibility index (Phi) is 3.46. The number of para-hydroxylation sites is 1. The van der Waals surface area contributed by atoms with Crippen LogP contribution in [-0.2, 0) is 0 Å². The fourth-order valence-electron chi connectivity index (χ4n) is 2.96. The summed E-state index contributed by atoms with van der Waals surface area (Å²) in [4.78, 5) is 9.56. The molecule has 7 heteroatoms. The van der Waals surface area contributed by atoms with E-state index in [9.17, 15) is 0 Å². The third-order valence-electron chi connectivity index (χ3n) is 4.19. The molecule has 26 heavy (non-hydrogen) atoms. The molecule has 3 heterocycles. The SMILES string of the molecule is CSc1nc2c(cnn2-c2ccccc2)c2nc(-c3ccccc3)nn12. The van der Waals surface area contributed by atoms with Gasteiger partial charge in [-0.15, -0.1) is 5.10 Å². The molecule has 0 spiro atoms. The van der Waals surface area contributed by atoms with E-state index >= 15 is 0 Å². The summed E-state index contributed by atoms with van der Waals surface area (Å²) in [6.45, 7) is 0. The van der Waals surface area contributed by atoms with Crippen molar-refractivity contribution in [1.29, 1.82) is 0 Å². The van der Waals surface area contributed by atoms with E-state index in [-0.39, 0.29) is 0 Å². The Hall–Kier alpha value is -3.19. The van der Waals surface area contributed by atoms with Gasteiger partial charge in [-0.2, -0.15) is 9.61 Å². The van der Waals surface area contributed by atoms with Gasteiger partial charge in [0, 0.05) is 5.56 Å². The molecule has 0 aliphatic heterocycles. The molecular weight excluding hydrogens is 344 g/mol. The van der Waals surface area contributed by atoms with E-state index in [1.165, 1.54) is 11.8 Å². The molecule has 0 aliphatic rings. The second kappa shape index (κ2) is 5.96. The van der Waals surface area contributed by atoms with Crippen molar-refractivity contribution >= 4 is 28.4 Å². The largest absolute Gasteiger partial charge is 0.215 e. The van der Waals surface area contributed by atoms with Crippen LogP contribution in [0, 0.1) is 0 Å². The second-order valence-electron chi connectivity index (χ2n) is 5.76. The fourth-order valence-corrected chi connectivity index (χ4v) is 3.44. The monoisotopic (exact) mass is 358 g/mol. The Morgan fingerprint density at radius 3 is 2.31 bits per heavy atom. The van der Waals surface area contributed by atoms with Gasteiger partial charge < -0.3 is 0 Å². The standard InChI is InChI=1S/C19H14N6S/c1-26-19-22-18-15(12-20-24(18)14-10-6-3-7-11-14)17-21-16(23-25(17)19)13-8-4-2-5-9-13/h2-12H,1H3. The van der Waals surface area contributed by atoms with Crippen molar-refractivity contribution in [3.8, 4) is 17.1 Å². The number of aromatic nitrogens is 6. The van der Waals surface area contributed by atoms with Crippen molar-refractivity contribution in [2.75, 3.05) is 6.26 Å². The minimum atomic E-state index is 0.683. The highest BCUT2D eigenvalue weighted by Gasteiger charge is 2.17. The summed E-state index contributed by atoms with van der Waals surface area (Å²) in [5.41, 5.74) is 3.49. The lowest BCUT2D eigenvalue weighted by atomic mass is 10.2. The molecule has 0 amide bonds. The van der Waals surface area contributed by atoms with Gasteiger partial charge in [-0.1, -0.05) is 60.3 Å². The molecule has 0 unspecified atom stereocenters. The van der Waals surface area contributed by atoms with Gasteiger partial charge in [-0.3, -0.25) is 0 Å². The number of hydrogen-bond acceptors (Lipinski definition) is 5. The van der Waals surface area contributed by atoms with Crippen LogP contribution in [0.4, 0.5) is 0 Å². The second-order valence-corrected chi connectivity index (χ2v) is 6.54. The average molecular weight is 358 g/mol. The Morgan fingerprint density at radius 1 is 0.846 bits per heavy atom. The third kappa shape index (κ3) is 2.28. The topological polar surface area (TPSA) is 60.9 Å². The molecule has 0 atom stereocenters. The molecule has 5 rings (SSSR count). The van der Waals surface area contributed by atoms with Gasteiger partial charge in [0.25, 0.3) is 0 Å². The summed E-state index contributed by atoms with van der Waals surface area (Å²) in [5, 5.41) is 10.9. The maximum atomic E-state index is 4.79. The molecule has 126 valence electrons. The first kappa shape index (κ1) is 15.1. The highest BCUT2D eigenvalue weighted by molar-refractivity contribution is 7.98. The zero-order valence-electron chi connectivity index (χ0n) is 13.9. The van der Waals surface area contributed by atoms with Gasteiger partial charge >= 0.3 is 0 Å². The molecule has 0 aliphatic carbocycles. The summed E-state index contributed by atoms with van der Waals surface area (Å²) in [5.74, 6) is 0.683. The van der Waals surface area contributed by atoms with Gasteiger partial charge in [0.05, 0.1) is 17.3 Å². The van der Waals surface area contributed by atoms with Gasteiger partial charge in [-0.25, -0.2) is 14.6 Å². The smallest absolute Gasteiger partial charge is 0.192 e.